The summed E-state index contributed by atoms with van der Waals surface area (Å²) in [5.41, 5.74) is 0.539. The van der Waals surface area contributed by atoms with Crippen LogP contribution in [0.15, 0.2) is 35.2 Å². The zero-order chi connectivity index (χ0) is 15.7. The Morgan fingerprint density at radius 2 is 1.90 bits per heavy atom. The number of pyridine rings is 1. The molecule has 2 aromatic rings. The van der Waals surface area contributed by atoms with Crippen LogP contribution in [0.1, 0.15) is 0 Å². The molecule has 0 bridgehead atoms. The third-order valence-electron chi connectivity index (χ3n) is 2.69. The van der Waals surface area contributed by atoms with Crippen LogP contribution < -0.4 is 10.0 Å². The second-order valence-electron chi connectivity index (χ2n) is 4.24. The Morgan fingerprint density at radius 3 is 2.52 bits per heavy atom. The van der Waals surface area contributed by atoms with E-state index in [1.807, 2.05) is 0 Å². The van der Waals surface area contributed by atoms with Gasteiger partial charge in [0.15, 0.2) is 0 Å². The Bertz CT molecular complexity index is 760. The molecule has 0 aliphatic heterocycles. The molecule has 0 aliphatic rings. The van der Waals surface area contributed by atoms with Gasteiger partial charge < -0.3 is 5.32 Å². The lowest BCUT2D eigenvalue weighted by molar-refractivity contribution is -0.121. The van der Waals surface area contributed by atoms with Crippen LogP contribution in [0.5, 0.6) is 0 Å². The van der Waals surface area contributed by atoms with Crippen molar-refractivity contribution in [2.75, 3.05) is 18.9 Å². The van der Waals surface area contributed by atoms with Crippen molar-refractivity contribution in [3.05, 3.63) is 30.3 Å². The fourth-order valence-electron chi connectivity index (χ4n) is 1.67. The van der Waals surface area contributed by atoms with Crippen LogP contribution in [0.3, 0.4) is 0 Å². The number of hydrogen-bond acceptors (Lipinski definition) is 4. The smallest absolute Gasteiger partial charge is 0.373 e. The Balaban J connectivity index is 2.34. The largest absolute Gasteiger partial charge is 0.402 e. The van der Waals surface area contributed by atoms with Gasteiger partial charge in [0.2, 0.25) is 10.0 Å². The van der Waals surface area contributed by atoms with Gasteiger partial charge in [0.1, 0.15) is 12.4 Å². The molecule has 9 heteroatoms. The van der Waals surface area contributed by atoms with Gasteiger partial charge in [0.25, 0.3) is 0 Å². The highest BCUT2D eigenvalue weighted by atomic mass is 32.2. The maximum atomic E-state index is 12.1. The van der Waals surface area contributed by atoms with Gasteiger partial charge in [-0.1, -0.05) is 0 Å². The summed E-state index contributed by atoms with van der Waals surface area (Å²) in [6.07, 6.45) is -4.60. The van der Waals surface area contributed by atoms with Crippen molar-refractivity contribution in [2.24, 2.45) is 0 Å². The molecule has 0 fully saturated rings. The number of nitrogens with zero attached hydrogens (tertiary/aromatic N) is 1. The first-order valence-corrected chi connectivity index (χ1v) is 7.34. The Kier molecular flexibility index (Phi) is 4.06. The molecule has 0 unspecified atom stereocenters. The van der Waals surface area contributed by atoms with Crippen LogP contribution in [0.4, 0.5) is 19.0 Å². The minimum Gasteiger partial charge on any atom is -0.373 e. The molecule has 21 heavy (non-hydrogen) atoms. The average molecular weight is 319 g/mol. The summed E-state index contributed by atoms with van der Waals surface area (Å²) in [6, 6.07) is 7.21. The number of nitrogens with one attached hydrogen (secondary N) is 2. The van der Waals surface area contributed by atoms with Crippen molar-refractivity contribution in [1.82, 2.24) is 9.71 Å². The maximum absolute atomic E-state index is 12.1. The lowest BCUT2D eigenvalue weighted by atomic mass is 10.2. The first-order valence-electron chi connectivity index (χ1n) is 5.86. The summed E-state index contributed by atoms with van der Waals surface area (Å²) < 4.78 is 61.4. The Hall–Kier alpha value is -1.87. The fourth-order valence-corrected chi connectivity index (χ4v) is 2.72. The van der Waals surface area contributed by atoms with E-state index in [1.54, 1.807) is 19.2 Å². The SMILES string of the molecule is CNc1ccc2cc(S(=O)(=O)NCC(F)(F)F)ccc2n1. The molecule has 1 aromatic carbocycles. The van der Waals surface area contributed by atoms with Crippen LogP contribution in [-0.2, 0) is 10.0 Å². The number of alkyl halides is 3. The molecular formula is C12H12F3N3O2S. The first-order chi connectivity index (χ1) is 9.71. The average Bonchev–Trinajstić information content (AvgIpc) is 2.43. The van der Waals surface area contributed by atoms with Crippen LogP contribution in [-0.4, -0.2) is 33.2 Å². The molecule has 0 atom stereocenters. The number of anilines is 1. The highest BCUT2D eigenvalue weighted by molar-refractivity contribution is 7.89. The number of rotatable bonds is 4. The molecule has 1 aromatic heterocycles. The van der Waals surface area contributed by atoms with Crippen LogP contribution in [0.2, 0.25) is 0 Å². The normalized spacial score (nSPS) is 12.6. The molecule has 2 rings (SSSR count). The van der Waals surface area contributed by atoms with E-state index in [0.717, 1.165) is 0 Å². The Labute approximate surface area is 119 Å². The van der Waals surface area contributed by atoms with Gasteiger partial charge in [0, 0.05) is 12.4 Å². The van der Waals surface area contributed by atoms with Crippen molar-refractivity contribution in [1.29, 1.82) is 0 Å². The number of hydrogen-bond donors (Lipinski definition) is 2. The molecule has 0 radical (unpaired) electrons. The van der Waals surface area contributed by atoms with Gasteiger partial charge in [-0.2, -0.15) is 13.2 Å². The fraction of sp³-hybridized carbons (Fsp3) is 0.250. The van der Waals surface area contributed by atoms with Gasteiger partial charge >= 0.3 is 6.18 Å². The number of benzene rings is 1. The molecule has 0 amide bonds. The quantitative estimate of drug-likeness (QED) is 0.905. The zero-order valence-corrected chi connectivity index (χ0v) is 11.7. The molecule has 5 nitrogen and oxygen atoms in total. The van der Waals surface area contributed by atoms with E-state index in [2.05, 4.69) is 10.3 Å². The third kappa shape index (κ3) is 3.82. The second-order valence-corrected chi connectivity index (χ2v) is 6.01. The van der Waals surface area contributed by atoms with Gasteiger partial charge in [-0.3, -0.25) is 0 Å². The highest BCUT2D eigenvalue weighted by Gasteiger charge is 2.30. The molecule has 114 valence electrons. The van der Waals surface area contributed by atoms with E-state index in [4.69, 9.17) is 0 Å². The second kappa shape index (κ2) is 5.49. The summed E-state index contributed by atoms with van der Waals surface area (Å²) in [7, 11) is -2.53. The molecule has 0 aliphatic carbocycles. The van der Waals surface area contributed by atoms with Gasteiger partial charge in [-0.25, -0.2) is 18.1 Å². The predicted molar refractivity (Wildman–Crippen MR) is 72.5 cm³/mol. The Morgan fingerprint density at radius 1 is 1.19 bits per heavy atom. The lowest BCUT2D eigenvalue weighted by Crippen LogP contribution is -2.33. The monoisotopic (exact) mass is 319 g/mol. The standard InChI is InChI=1S/C12H12F3N3O2S/c1-16-11-5-2-8-6-9(3-4-10(8)18-11)21(19,20)17-7-12(13,14)15/h2-6,17H,7H2,1H3,(H,16,18). The van der Waals surface area contributed by atoms with E-state index >= 15 is 0 Å². The van der Waals surface area contributed by atoms with Crippen LogP contribution in [0, 0.1) is 0 Å². The lowest BCUT2D eigenvalue weighted by Gasteiger charge is -2.10. The van der Waals surface area contributed by atoms with Gasteiger partial charge in [0.05, 0.1) is 10.4 Å². The van der Waals surface area contributed by atoms with Gasteiger partial charge in [-0.05, 0) is 30.3 Å². The van der Waals surface area contributed by atoms with E-state index in [1.165, 1.54) is 22.9 Å². The predicted octanol–water partition coefficient (Wildman–Crippen LogP) is 2.12. The molecule has 0 saturated heterocycles. The van der Waals surface area contributed by atoms with Crippen molar-refractivity contribution < 1.29 is 21.6 Å². The van der Waals surface area contributed by atoms with E-state index in [9.17, 15) is 21.6 Å². The van der Waals surface area contributed by atoms with E-state index < -0.39 is 22.7 Å². The number of halogens is 3. The number of fused-ring (bicyclic) bond motifs is 1. The molecule has 0 spiro atoms. The summed E-state index contributed by atoms with van der Waals surface area (Å²) in [5, 5.41) is 3.35. The van der Waals surface area contributed by atoms with E-state index in [-0.39, 0.29) is 4.90 Å². The minimum absolute atomic E-state index is 0.238. The van der Waals surface area contributed by atoms with Crippen molar-refractivity contribution in [2.45, 2.75) is 11.1 Å². The van der Waals surface area contributed by atoms with Crippen molar-refractivity contribution in [3.8, 4) is 0 Å². The molecule has 1 heterocycles. The molecular weight excluding hydrogens is 307 g/mol. The maximum Gasteiger partial charge on any atom is 0.402 e. The van der Waals surface area contributed by atoms with Crippen LogP contribution >= 0.6 is 0 Å². The van der Waals surface area contributed by atoms with Crippen molar-refractivity contribution in [3.63, 3.8) is 0 Å². The number of sulfonamides is 1. The summed E-state index contributed by atoms with van der Waals surface area (Å²) >= 11 is 0. The van der Waals surface area contributed by atoms with Crippen molar-refractivity contribution >= 4 is 26.7 Å². The van der Waals surface area contributed by atoms with Gasteiger partial charge in [-0.15, -0.1) is 0 Å². The highest BCUT2D eigenvalue weighted by Crippen LogP contribution is 2.20. The topological polar surface area (TPSA) is 71.1 Å². The zero-order valence-electron chi connectivity index (χ0n) is 10.9. The minimum atomic E-state index is -4.60. The molecule has 2 N–H and O–H groups in total. The summed E-state index contributed by atoms with van der Waals surface area (Å²) in [6.45, 7) is -1.61. The molecule has 0 saturated carbocycles. The third-order valence-corrected chi connectivity index (χ3v) is 4.09. The first kappa shape index (κ1) is 15.5. The number of aromatic nitrogens is 1. The summed E-state index contributed by atoms with van der Waals surface area (Å²) in [5.74, 6) is 0.605. The summed E-state index contributed by atoms with van der Waals surface area (Å²) in [4.78, 5) is 3.96. The van der Waals surface area contributed by atoms with E-state index in [0.29, 0.717) is 16.7 Å². The van der Waals surface area contributed by atoms with Crippen LogP contribution in [0.25, 0.3) is 10.9 Å².